The minimum absolute atomic E-state index is 0.121. The Morgan fingerprint density at radius 1 is 1.50 bits per heavy atom. The van der Waals surface area contributed by atoms with E-state index in [9.17, 15) is 13.2 Å². The van der Waals surface area contributed by atoms with Gasteiger partial charge < -0.3 is 9.84 Å². The second kappa shape index (κ2) is 5.28. The highest BCUT2D eigenvalue weighted by Gasteiger charge is 2.28. The molecule has 0 aromatic carbocycles. The number of hydrogen-bond donors (Lipinski definition) is 2. The lowest BCUT2D eigenvalue weighted by molar-refractivity contribution is -0.139. The summed E-state index contributed by atoms with van der Waals surface area (Å²) in [5, 5.41) is 7.58. The zero-order chi connectivity index (χ0) is 11.4. The van der Waals surface area contributed by atoms with Gasteiger partial charge in [0.1, 0.15) is 0 Å². The van der Waals surface area contributed by atoms with Crippen LogP contribution in [0.3, 0.4) is 0 Å². The molecule has 1 unspecified atom stereocenters. The minimum atomic E-state index is -3.75. The number of nitrogens with one attached hydrogen (secondary N) is 1. The number of carbonyl (C=O) groups excluding carboxylic acids is 1. The van der Waals surface area contributed by atoms with E-state index < -0.39 is 27.3 Å². The maximum atomic E-state index is 11.3. The van der Waals surface area contributed by atoms with E-state index in [1.165, 1.54) is 13.8 Å². The van der Waals surface area contributed by atoms with Crippen molar-refractivity contribution in [1.82, 2.24) is 4.72 Å². The SMILES string of the molecule is COC(=O)C(C)S(=O)(=O)NC[C@@H](C)O. The van der Waals surface area contributed by atoms with Crippen LogP contribution in [0.5, 0.6) is 0 Å². The van der Waals surface area contributed by atoms with Crippen LogP contribution in [-0.2, 0) is 19.6 Å². The lowest BCUT2D eigenvalue weighted by Crippen LogP contribution is -2.40. The summed E-state index contributed by atoms with van der Waals surface area (Å²) in [6.45, 7) is 2.53. The Morgan fingerprint density at radius 2 is 2.00 bits per heavy atom. The van der Waals surface area contributed by atoms with Gasteiger partial charge in [-0.05, 0) is 13.8 Å². The van der Waals surface area contributed by atoms with E-state index in [0.717, 1.165) is 7.11 Å². The molecule has 7 heteroatoms. The third-order valence-electron chi connectivity index (χ3n) is 1.58. The van der Waals surface area contributed by atoms with Crippen molar-refractivity contribution in [2.75, 3.05) is 13.7 Å². The van der Waals surface area contributed by atoms with Gasteiger partial charge in [-0.15, -0.1) is 0 Å². The number of esters is 1. The van der Waals surface area contributed by atoms with Crippen LogP contribution in [0.1, 0.15) is 13.8 Å². The van der Waals surface area contributed by atoms with E-state index in [1.807, 2.05) is 0 Å². The van der Waals surface area contributed by atoms with Crippen molar-refractivity contribution in [1.29, 1.82) is 0 Å². The van der Waals surface area contributed by atoms with Crippen LogP contribution in [0.4, 0.5) is 0 Å². The molecule has 2 N–H and O–H groups in total. The van der Waals surface area contributed by atoms with Crippen molar-refractivity contribution in [3.05, 3.63) is 0 Å². The third-order valence-corrected chi connectivity index (χ3v) is 3.27. The molecule has 0 heterocycles. The van der Waals surface area contributed by atoms with Crippen LogP contribution in [-0.4, -0.2) is 44.5 Å². The predicted octanol–water partition coefficient (Wildman–Crippen LogP) is -1.15. The number of hydrogen-bond acceptors (Lipinski definition) is 5. The van der Waals surface area contributed by atoms with Crippen LogP contribution in [0.25, 0.3) is 0 Å². The fourth-order valence-corrected chi connectivity index (χ4v) is 1.73. The molecule has 0 rings (SSSR count). The maximum Gasteiger partial charge on any atom is 0.325 e. The number of carbonyl (C=O) groups is 1. The second-order valence-electron chi connectivity index (χ2n) is 2.91. The Balaban J connectivity index is 4.39. The molecule has 0 saturated heterocycles. The Hall–Kier alpha value is -0.660. The average Bonchev–Trinajstić information content (AvgIpc) is 2.12. The van der Waals surface area contributed by atoms with Gasteiger partial charge in [0.2, 0.25) is 10.0 Å². The van der Waals surface area contributed by atoms with Crippen LogP contribution in [0.2, 0.25) is 0 Å². The summed E-state index contributed by atoms with van der Waals surface area (Å²) in [4.78, 5) is 10.9. The molecule has 0 fully saturated rings. The molecule has 84 valence electrons. The first-order valence-electron chi connectivity index (χ1n) is 4.05. The van der Waals surface area contributed by atoms with Gasteiger partial charge in [-0.2, -0.15) is 0 Å². The molecule has 0 saturated carbocycles. The molecule has 0 aliphatic heterocycles. The van der Waals surface area contributed by atoms with Crippen molar-refractivity contribution in [3.63, 3.8) is 0 Å². The number of methoxy groups -OCH3 is 1. The summed E-state index contributed by atoms with van der Waals surface area (Å²) in [6.07, 6.45) is -0.797. The Morgan fingerprint density at radius 3 is 2.36 bits per heavy atom. The fourth-order valence-electron chi connectivity index (χ4n) is 0.654. The van der Waals surface area contributed by atoms with Gasteiger partial charge in [-0.1, -0.05) is 0 Å². The summed E-state index contributed by atoms with van der Waals surface area (Å²) in [7, 11) is -2.64. The Bertz CT molecular complexity index is 284. The zero-order valence-corrected chi connectivity index (χ0v) is 9.17. The first kappa shape index (κ1) is 13.3. The number of sulfonamides is 1. The average molecular weight is 225 g/mol. The summed E-state index contributed by atoms with van der Waals surface area (Å²) in [6, 6.07) is 0. The molecule has 0 amide bonds. The van der Waals surface area contributed by atoms with Gasteiger partial charge in [-0.3, -0.25) is 4.79 Å². The van der Waals surface area contributed by atoms with Crippen molar-refractivity contribution < 1.29 is 23.1 Å². The quantitative estimate of drug-likeness (QED) is 0.576. The van der Waals surface area contributed by atoms with Crippen molar-refractivity contribution >= 4 is 16.0 Å². The van der Waals surface area contributed by atoms with Crippen molar-refractivity contribution in [3.8, 4) is 0 Å². The Labute approximate surface area is 83.3 Å². The largest absolute Gasteiger partial charge is 0.468 e. The topological polar surface area (TPSA) is 92.7 Å². The molecule has 0 spiro atoms. The molecule has 0 aliphatic rings. The van der Waals surface area contributed by atoms with E-state index in [2.05, 4.69) is 9.46 Å². The van der Waals surface area contributed by atoms with Crippen molar-refractivity contribution in [2.24, 2.45) is 0 Å². The normalized spacial score (nSPS) is 16.0. The summed E-state index contributed by atoms with van der Waals surface area (Å²) in [5.74, 6) is -0.830. The molecule has 0 aromatic heterocycles. The molecule has 0 bridgehead atoms. The third kappa shape index (κ3) is 4.03. The molecular weight excluding hydrogens is 210 g/mol. The van der Waals surface area contributed by atoms with Crippen LogP contribution in [0, 0.1) is 0 Å². The summed E-state index contributed by atoms with van der Waals surface area (Å²) >= 11 is 0. The Kier molecular flexibility index (Phi) is 5.03. The van der Waals surface area contributed by atoms with Gasteiger partial charge in [0, 0.05) is 6.54 Å². The van der Waals surface area contributed by atoms with Gasteiger partial charge in [0.05, 0.1) is 13.2 Å². The van der Waals surface area contributed by atoms with Gasteiger partial charge in [0.15, 0.2) is 5.25 Å². The number of rotatable bonds is 5. The van der Waals surface area contributed by atoms with E-state index in [1.54, 1.807) is 0 Å². The van der Waals surface area contributed by atoms with E-state index >= 15 is 0 Å². The highest BCUT2D eigenvalue weighted by molar-refractivity contribution is 7.90. The molecular formula is C7H15NO5S. The molecule has 14 heavy (non-hydrogen) atoms. The predicted molar refractivity (Wildman–Crippen MR) is 50.1 cm³/mol. The highest BCUT2D eigenvalue weighted by Crippen LogP contribution is 2.00. The van der Waals surface area contributed by atoms with Crippen LogP contribution in [0.15, 0.2) is 0 Å². The van der Waals surface area contributed by atoms with Gasteiger partial charge >= 0.3 is 5.97 Å². The lowest BCUT2D eigenvalue weighted by atomic mass is 10.4. The van der Waals surface area contributed by atoms with E-state index in [-0.39, 0.29) is 6.54 Å². The summed E-state index contributed by atoms with van der Waals surface area (Å²) < 4.78 is 29.0. The maximum absolute atomic E-state index is 11.3. The fraction of sp³-hybridized carbons (Fsp3) is 0.857. The zero-order valence-electron chi connectivity index (χ0n) is 8.35. The minimum Gasteiger partial charge on any atom is -0.468 e. The number of ether oxygens (including phenoxy) is 1. The van der Waals surface area contributed by atoms with E-state index in [0.29, 0.717) is 0 Å². The first-order valence-corrected chi connectivity index (χ1v) is 5.60. The molecule has 6 nitrogen and oxygen atoms in total. The molecule has 0 aromatic rings. The second-order valence-corrected chi connectivity index (χ2v) is 4.99. The first-order chi connectivity index (χ1) is 6.31. The van der Waals surface area contributed by atoms with Gasteiger partial charge in [-0.25, -0.2) is 13.1 Å². The van der Waals surface area contributed by atoms with Gasteiger partial charge in [0.25, 0.3) is 0 Å². The molecule has 2 atom stereocenters. The molecule has 0 radical (unpaired) electrons. The number of aliphatic hydroxyl groups excluding tert-OH is 1. The monoisotopic (exact) mass is 225 g/mol. The number of aliphatic hydroxyl groups is 1. The highest BCUT2D eigenvalue weighted by atomic mass is 32.2. The van der Waals surface area contributed by atoms with Crippen molar-refractivity contribution in [2.45, 2.75) is 25.2 Å². The summed E-state index contributed by atoms with van der Waals surface area (Å²) in [5.41, 5.74) is 0. The van der Waals surface area contributed by atoms with Crippen LogP contribution < -0.4 is 4.72 Å². The van der Waals surface area contributed by atoms with Crippen LogP contribution >= 0.6 is 0 Å². The molecule has 0 aliphatic carbocycles. The smallest absolute Gasteiger partial charge is 0.325 e. The lowest BCUT2D eigenvalue weighted by Gasteiger charge is -2.12. The standard InChI is InChI=1S/C7H15NO5S/c1-5(9)4-8-14(11,12)6(2)7(10)13-3/h5-6,8-9H,4H2,1-3H3/t5-,6?/m1/s1. The van der Waals surface area contributed by atoms with E-state index in [4.69, 9.17) is 5.11 Å².